The van der Waals surface area contributed by atoms with Crippen molar-refractivity contribution in [2.24, 2.45) is 0 Å². The van der Waals surface area contributed by atoms with Gasteiger partial charge in [-0.05, 0) is 0 Å². The molecule has 0 aliphatic rings. The molecule has 4 rings (SSSR count). The van der Waals surface area contributed by atoms with Crippen LogP contribution in [0.4, 0.5) is 0 Å². The maximum atomic E-state index is 2.29. The van der Waals surface area contributed by atoms with Crippen LogP contribution in [0.1, 0.15) is 0 Å². The molecule has 1 nitrogen and oxygen atoms in total. The monoisotopic (exact) mass is 358 g/mol. The Hall–Kier alpha value is -2.73. The second-order valence-corrected chi connectivity index (χ2v) is 10.0. The summed E-state index contributed by atoms with van der Waals surface area (Å²) in [7, 11) is -2.30. The second-order valence-electron chi connectivity index (χ2n) is 6.21. The van der Waals surface area contributed by atoms with E-state index in [1.165, 1.54) is 21.2 Å². The van der Waals surface area contributed by atoms with E-state index in [2.05, 4.69) is 121 Å². The summed E-state index contributed by atoms with van der Waals surface area (Å²) in [4.78, 5) is 0. The van der Waals surface area contributed by atoms with Crippen molar-refractivity contribution in [2.75, 3.05) is 0 Å². The van der Waals surface area contributed by atoms with Gasteiger partial charge in [-0.15, -0.1) is 0 Å². The van der Waals surface area contributed by atoms with Crippen molar-refractivity contribution in [1.29, 1.82) is 0 Å². The van der Waals surface area contributed by atoms with Crippen molar-refractivity contribution in [1.82, 2.24) is 0 Å². The van der Waals surface area contributed by atoms with Gasteiger partial charge in [0.15, 0.2) is 0 Å². The standard InChI is InChI=1S/C24H21P.H2O/c1-5-13-21(14-6-1)25(22-15-7-2-8-16-22,23-17-9-3-10-18-23)24-19-11-4-12-20-24;/h1-20,25H;1H2. The molecule has 0 radical (unpaired) electrons. The van der Waals surface area contributed by atoms with Gasteiger partial charge in [-0.3, -0.25) is 0 Å². The van der Waals surface area contributed by atoms with Crippen molar-refractivity contribution >= 4 is 28.5 Å². The Balaban J connectivity index is 0.00000196. The van der Waals surface area contributed by atoms with E-state index in [0.29, 0.717) is 0 Å². The summed E-state index contributed by atoms with van der Waals surface area (Å²) in [5.74, 6) is 0. The quantitative estimate of drug-likeness (QED) is 0.502. The molecule has 26 heavy (non-hydrogen) atoms. The topological polar surface area (TPSA) is 31.5 Å². The maximum absolute atomic E-state index is 2.30. The van der Waals surface area contributed by atoms with E-state index in [-0.39, 0.29) is 5.48 Å². The molecule has 0 bridgehead atoms. The number of benzene rings is 4. The molecule has 0 aliphatic heterocycles. The predicted molar refractivity (Wildman–Crippen MR) is 116 cm³/mol. The Bertz CT molecular complexity index is 759. The number of rotatable bonds is 4. The third-order valence-electron chi connectivity index (χ3n) is 4.83. The van der Waals surface area contributed by atoms with Gasteiger partial charge in [-0.25, -0.2) is 0 Å². The molecule has 0 aromatic heterocycles. The zero-order chi connectivity index (χ0) is 17.0. The molecule has 4 aromatic rings. The van der Waals surface area contributed by atoms with Crippen molar-refractivity contribution in [3.05, 3.63) is 121 Å². The summed E-state index contributed by atoms with van der Waals surface area (Å²) in [5.41, 5.74) is 0. The first-order valence-corrected chi connectivity index (χ1v) is 10.6. The van der Waals surface area contributed by atoms with Gasteiger partial charge < -0.3 is 5.48 Å². The normalized spacial score (nSPS) is 11.4. The van der Waals surface area contributed by atoms with Crippen LogP contribution in [0.15, 0.2) is 121 Å². The summed E-state index contributed by atoms with van der Waals surface area (Å²) in [6, 6.07) is 44.0. The average Bonchev–Trinajstić information content (AvgIpc) is 2.72. The Labute approximate surface area is 155 Å². The Morgan fingerprint density at radius 2 is 0.500 bits per heavy atom. The number of hydrogen-bond donors (Lipinski definition) is 0. The summed E-state index contributed by atoms with van der Waals surface area (Å²) >= 11 is 0. The van der Waals surface area contributed by atoms with Crippen molar-refractivity contribution in [3.63, 3.8) is 0 Å². The second kappa shape index (κ2) is 8.10. The zero-order valence-electron chi connectivity index (χ0n) is 14.5. The molecule has 4 aromatic carbocycles. The molecule has 2 N–H and O–H groups in total. The summed E-state index contributed by atoms with van der Waals surface area (Å²) in [6.45, 7) is 0. The molecule has 130 valence electrons. The molecule has 0 heterocycles. The van der Waals surface area contributed by atoms with Gasteiger partial charge in [0, 0.05) is 0 Å². The van der Waals surface area contributed by atoms with Gasteiger partial charge in [0.1, 0.15) is 0 Å². The van der Waals surface area contributed by atoms with Gasteiger partial charge in [-0.1, -0.05) is 0 Å². The first-order valence-electron chi connectivity index (χ1n) is 8.64. The van der Waals surface area contributed by atoms with Gasteiger partial charge in [-0.2, -0.15) is 0 Å². The van der Waals surface area contributed by atoms with Gasteiger partial charge in [0.2, 0.25) is 0 Å². The van der Waals surface area contributed by atoms with E-state index in [0.717, 1.165) is 0 Å². The molecule has 2 heteroatoms. The van der Waals surface area contributed by atoms with Crippen LogP contribution >= 0.6 is 7.26 Å². The van der Waals surface area contributed by atoms with E-state index >= 15 is 0 Å². The molecule has 0 aliphatic carbocycles. The van der Waals surface area contributed by atoms with E-state index in [1.807, 2.05) is 0 Å². The molecular formula is C24H23OP. The van der Waals surface area contributed by atoms with E-state index in [9.17, 15) is 0 Å². The Kier molecular flexibility index (Phi) is 5.63. The molecule has 0 spiro atoms. The molecular weight excluding hydrogens is 335 g/mol. The summed E-state index contributed by atoms with van der Waals surface area (Å²) in [6.07, 6.45) is 0. The minimum atomic E-state index is -2.30. The van der Waals surface area contributed by atoms with Crippen LogP contribution in [0, 0.1) is 0 Å². The minimum absolute atomic E-state index is 0. The van der Waals surface area contributed by atoms with Crippen LogP contribution < -0.4 is 21.2 Å². The van der Waals surface area contributed by atoms with E-state index in [4.69, 9.17) is 0 Å². The fourth-order valence-electron chi connectivity index (χ4n) is 3.75. The van der Waals surface area contributed by atoms with Crippen molar-refractivity contribution in [2.45, 2.75) is 0 Å². The zero-order valence-corrected chi connectivity index (χ0v) is 15.5. The molecule has 0 atom stereocenters. The first-order chi connectivity index (χ1) is 12.4. The fourth-order valence-corrected chi connectivity index (χ4v) is 8.52. The van der Waals surface area contributed by atoms with E-state index < -0.39 is 7.26 Å². The van der Waals surface area contributed by atoms with Crippen molar-refractivity contribution in [3.8, 4) is 0 Å². The van der Waals surface area contributed by atoms with Crippen LogP contribution in [0.5, 0.6) is 0 Å². The van der Waals surface area contributed by atoms with E-state index in [1.54, 1.807) is 0 Å². The van der Waals surface area contributed by atoms with Crippen molar-refractivity contribution < 1.29 is 5.48 Å². The molecule has 0 saturated heterocycles. The third kappa shape index (κ3) is 3.08. The average molecular weight is 358 g/mol. The Morgan fingerprint density at radius 3 is 0.692 bits per heavy atom. The predicted octanol–water partition coefficient (Wildman–Crippen LogP) is 3.21. The fraction of sp³-hybridized carbons (Fsp3) is 0. The number of hydrogen-bond acceptors (Lipinski definition) is 0. The molecule has 0 amide bonds. The molecule has 0 unspecified atom stereocenters. The SMILES string of the molecule is O.c1ccc([PH](c2ccccc2)(c2ccccc2)c2ccccc2)cc1. The molecule has 0 saturated carbocycles. The summed E-state index contributed by atoms with van der Waals surface area (Å²) in [5, 5.41) is 5.66. The molecule has 0 fully saturated rings. The van der Waals surface area contributed by atoms with Crippen LogP contribution in [-0.2, 0) is 0 Å². The van der Waals surface area contributed by atoms with Crippen LogP contribution in [-0.4, -0.2) is 5.48 Å². The first kappa shape index (κ1) is 18.1. The van der Waals surface area contributed by atoms with Gasteiger partial charge in [0.25, 0.3) is 0 Å². The van der Waals surface area contributed by atoms with Gasteiger partial charge >= 0.3 is 150 Å². The third-order valence-corrected chi connectivity index (χ3v) is 9.62. The van der Waals surface area contributed by atoms with Crippen LogP contribution in [0.25, 0.3) is 0 Å². The summed E-state index contributed by atoms with van der Waals surface area (Å²) < 4.78 is 0. The van der Waals surface area contributed by atoms with Crippen LogP contribution in [0.2, 0.25) is 0 Å². The van der Waals surface area contributed by atoms with Crippen LogP contribution in [0.3, 0.4) is 0 Å². The Morgan fingerprint density at radius 1 is 0.308 bits per heavy atom. The van der Waals surface area contributed by atoms with Gasteiger partial charge in [0.05, 0.1) is 0 Å².